The Morgan fingerprint density at radius 2 is 2.16 bits per heavy atom. The molecular weight excluding hydrogens is 245 g/mol. The maximum absolute atomic E-state index is 13.7. The number of pyridine rings is 1. The van der Waals surface area contributed by atoms with Crippen molar-refractivity contribution in [2.75, 3.05) is 5.32 Å². The zero-order valence-corrected chi connectivity index (χ0v) is 10.4. The van der Waals surface area contributed by atoms with Crippen LogP contribution in [0.3, 0.4) is 0 Å². The summed E-state index contributed by atoms with van der Waals surface area (Å²) in [5.41, 5.74) is 6.45. The molecule has 0 saturated heterocycles. The number of amides is 1. The van der Waals surface area contributed by atoms with E-state index in [9.17, 15) is 9.18 Å². The number of primary amides is 1. The summed E-state index contributed by atoms with van der Waals surface area (Å²) in [5.74, 6) is -1.03. The van der Waals surface area contributed by atoms with Gasteiger partial charge in [-0.3, -0.25) is 9.78 Å². The van der Waals surface area contributed by atoms with Gasteiger partial charge in [0.25, 0.3) is 0 Å². The van der Waals surface area contributed by atoms with E-state index in [0.717, 1.165) is 5.69 Å². The number of rotatable bonds is 4. The SMILES string of the molecule is CC(Nc1cc(C(N)=O)ccc1F)c1ccccn1. The molecule has 2 aromatic rings. The molecule has 0 aliphatic carbocycles. The summed E-state index contributed by atoms with van der Waals surface area (Å²) in [5, 5.41) is 2.98. The molecule has 0 aliphatic heterocycles. The van der Waals surface area contributed by atoms with E-state index in [0.29, 0.717) is 0 Å². The van der Waals surface area contributed by atoms with Crippen molar-refractivity contribution in [2.45, 2.75) is 13.0 Å². The molecule has 1 atom stereocenters. The molecule has 2 rings (SSSR count). The maximum atomic E-state index is 13.7. The highest BCUT2D eigenvalue weighted by atomic mass is 19.1. The number of halogens is 1. The largest absolute Gasteiger partial charge is 0.375 e. The molecule has 3 N–H and O–H groups in total. The number of aromatic nitrogens is 1. The monoisotopic (exact) mass is 259 g/mol. The lowest BCUT2D eigenvalue weighted by molar-refractivity contribution is 0.100. The molecule has 5 heteroatoms. The Hall–Kier alpha value is -2.43. The van der Waals surface area contributed by atoms with E-state index in [1.165, 1.54) is 18.2 Å². The van der Waals surface area contributed by atoms with Crippen LogP contribution in [0.1, 0.15) is 29.0 Å². The Bertz CT molecular complexity index is 586. The number of hydrogen-bond acceptors (Lipinski definition) is 3. The number of carbonyl (C=O) groups is 1. The first-order chi connectivity index (χ1) is 9.08. The molecule has 98 valence electrons. The summed E-state index contributed by atoms with van der Waals surface area (Å²) in [6.45, 7) is 1.86. The second-order valence-corrected chi connectivity index (χ2v) is 4.18. The van der Waals surface area contributed by atoms with Crippen molar-refractivity contribution < 1.29 is 9.18 Å². The van der Waals surface area contributed by atoms with Gasteiger partial charge >= 0.3 is 0 Å². The van der Waals surface area contributed by atoms with Crippen LogP contribution in [0.15, 0.2) is 42.6 Å². The topological polar surface area (TPSA) is 68.0 Å². The number of nitrogens with two attached hydrogens (primary N) is 1. The van der Waals surface area contributed by atoms with Crippen LogP contribution in [0.2, 0.25) is 0 Å². The summed E-state index contributed by atoms with van der Waals surface area (Å²) in [6.07, 6.45) is 1.67. The molecule has 1 amide bonds. The minimum atomic E-state index is -0.589. The number of nitrogens with zero attached hydrogens (tertiary/aromatic N) is 1. The van der Waals surface area contributed by atoms with E-state index in [1.54, 1.807) is 6.20 Å². The second-order valence-electron chi connectivity index (χ2n) is 4.18. The maximum Gasteiger partial charge on any atom is 0.248 e. The zero-order valence-electron chi connectivity index (χ0n) is 10.4. The molecule has 1 aromatic heterocycles. The van der Waals surface area contributed by atoms with Gasteiger partial charge in [0.2, 0.25) is 5.91 Å². The van der Waals surface area contributed by atoms with Crippen LogP contribution in [0.25, 0.3) is 0 Å². The van der Waals surface area contributed by atoms with Crippen molar-refractivity contribution in [1.82, 2.24) is 4.98 Å². The number of benzene rings is 1. The van der Waals surface area contributed by atoms with Crippen LogP contribution in [0, 0.1) is 5.82 Å². The minimum absolute atomic E-state index is 0.182. The summed E-state index contributed by atoms with van der Waals surface area (Å²) < 4.78 is 13.7. The first-order valence-corrected chi connectivity index (χ1v) is 5.84. The lowest BCUT2D eigenvalue weighted by Crippen LogP contribution is -2.13. The predicted molar refractivity (Wildman–Crippen MR) is 71.2 cm³/mol. The molecule has 0 radical (unpaired) electrons. The second kappa shape index (κ2) is 5.48. The van der Waals surface area contributed by atoms with Crippen molar-refractivity contribution in [3.05, 3.63) is 59.7 Å². The Morgan fingerprint density at radius 1 is 1.37 bits per heavy atom. The van der Waals surface area contributed by atoms with Gasteiger partial charge < -0.3 is 11.1 Å². The lowest BCUT2D eigenvalue weighted by Gasteiger charge is -2.15. The van der Waals surface area contributed by atoms with Gasteiger partial charge in [0.1, 0.15) is 5.82 Å². The first-order valence-electron chi connectivity index (χ1n) is 5.84. The first kappa shape index (κ1) is 13.0. The van der Waals surface area contributed by atoms with Crippen molar-refractivity contribution in [3.63, 3.8) is 0 Å². The third-order valence-electron chi connectivity index (χ3n) is 2.75. The van der Waals surface area contributed by atoms with Gasteiger partial charge in [0.05, 0.1) is 17.4 Å². The van der Waals surface area contributed by atoms with Crippen LogP contribution >= 0.6 is 0 Å². The smallest absolute Gasteiger partial charge is 0.248 e. The van der Waals surface area contributed by atoms with Gasteiger partial charge in [0, 0.05) is 11.8 Å². The molecular formula is C14H14FN3O. The number of hydrogen-bond donors (Lipinski definition) is 2. The standard InChI is InChI=1S/C14H14FN3O/c1-9(12-4-2-3-7-17-12)18-13-8-10(14(16)19)5-6-11(13)15/h2-9,18H,1H3,(H2,16,19). The van der Waals surface area contributed by atoms with E-state index in [-0.39, 0.29) is 17.3 Å². The van der Waals surface area contributed by atoms with Gasteiger partial charge in [-0.2, -0.15) is 0 Å². The summed E-state index contributed by atoms with van der Waals surface area (Å²) in [7, 11) is 0. The Morgan fingerprint density at radius 3 is 2.79 bits per heavy atom. The lowest BCUT2D eigenvalue weighted by atomic mass is 10.1. The van der Waals surface area contributed by atoms with E-state index in [4.69, 9.17) is 5.73 Å². The summed E-state index contributed by atoms with van der Waals surface area (Å²) in [6, 6.07) is 9.30. The fraction of sp³-hybridized carbons (Fsp3) is 0.143. The van der Waals surface area contributed by atoms with Crippen LogP contribution in [-0.4, -0.2) is 10.9 Å². The van der Waals surface area contributed by atoms with Gasteiger partial charge in [0.15, 0.2) is 0 Å². The highest BCUT2D eigenvalue weighted by Crippen LogP contribution is 2.21. The zero-order chi connectivity index (χ0) is 13.8. The third kappa shape index (κ3) is 3.07. The number of nitrogens with one attached hydrogen (secondary N) is 1. The van der Waals surface area contributed by atoms with E-state index in [2.05, 4.69) is 10.3 Å². The molecule has 1 aromatic carbocycles. The van der Waals surface area contributed by atoms with Gasteiger partial charge in [-0.25, -0.2) is 4.39 Å². The molecule has 19 heavy (non-hydrogen) atoms. The summed E-state index contributed by atoms with van der Waals surface area (Å²) >= 11 is 0. The van der Waals surface area contributed by atoms with Gasteiger partial charge in [-0.1, -0.05) is 6.07 Å². The number of anilines is 1. The average molecular weight is 259 g/mol. The third-order valence-corrected chi connectivity index (χ3v) is 2.75. The van der Waals surface area contributed by atoms with Crippen LogP contribution < -0.4 is 11.1 Å². The summed E-state index contributed by atoms with van der Waals surface area (Å²) in [4.78, 5) is 15.3. The molecule has 0 spiro atoms. The van der Waals surface area contributed by atoms with Crippen molar-refractivity contribution >= 4 is 11.6 Å². The molecule has 1 heterocycles. The van der Waals surface area contributed by atoms with E-state index in [1.807, 2.05) is 25.1 Å². The van der Waals surface area contributed by atoms with Crippen LogP contribution in [0.5, 0.6) is 0 Å². The molecule has 0 saturated carbocycles. The normalized spacial score (nSPS) is 11.9. The quantitative estimate of drug-likeness (QED) is 0.886. The van der Waals surface area contributed by atoms with Crippen LogP contribution in [0.4, 0.5) is 10.1 Å². The van der Waals surface area contributed by atoms with Crippen molar-refractivity contribution in [3.8, 4) is 0 Å². The highest BCUT2D eigenvalue weighted by molar-refractivity contribution is 5.93. The number of carbonyl (C=O) groups excluding carboxylic acids is 1. The molecule has 0 fully saturated rings. The Labute approximate surface area is 110 Å². The van der Waals surface area contributed by atoms with Crippen LogP contribution in [-0.2, 0) is 0 Å². The van der Waals surface area contributed by atoms with E-state index < -0.39 is 11.7 Å². The van der Waals surface area contributed by atoms with E-state index >= 15 is 0 Å². The molecule has 4 nitrogen and oxygen atoms in total. The fourth-order valence-corrected chi connectivity index (χ4v) is 1.73. The molecule has 1 unspecified atom stereocenters. The van der Waals surface area contributed by atoms with Crippen molar-refractivity contribution in [1.29, 1.82) is 0 Å². The molecule has 0 aliphatic rings. The van der Waals surface area contributed by atoms with Crippen molar-refractivity contribution in [2.24, 2.45) is 5.73 Å². The highest BCUT2D eigenvalue weighted by Gasteiger charge is 2.11. The predicted octanol–water partition coefficient (Wildman–Crippen LogP) is 2.49. The minimum Gasteiger partial charge on any atom is -0.375 e. The fourth-order valence-electron chi connectivity index (χ4n) is 1.73. The Balaban J connectivity index is 2.23. The van der Waals surface area contributed by atoms with Gasteiger partial charge in [-0.15, -0.1) is 0 Å². The molecule has 0 bridgehead atoms. The Kier molecular flexibility index (Phi) is 3.75. The average Bonchev–Trinajstić information content (AvgIpc) is 2.42. The van der Waals surface area contributed by atoms with Gasteiger partial charge in [-0.05, 0) is 37.3 Å².